The molecule has 0 amide bonds. The van der Waals surface area contributed by atoms with E-state index in [9.17, 15) is 14.3 Å². The number of halogens is 1. The number of hydrogen-bond acceptors (Lipinski definition) is 3. The molecule has 1 rings (SSSR count). The van der Waals surface area contributed by atoms with Crippen LogP contribution in [0.5, 0.6) is 0 Å². The van der Waals surface area contributed by atoms with E-state index in [4.69, 9.17) is 5.11 Å². The standard InChI is InChI=1S/C9H10FNO3/c1-5-2-3-11-4-6(5)8(12)7(10)9(13)14/h2-4,7-8,12H,1H3,(H,13,14). The van der Waals surface area contributed by atoms with Gasteiger partial charge in [-0.2, -0.15) is 0 Å². The van der Waals surface area contributed by atoms with Crippen molar-refractivity contribution < 1.29 is 19.4 Å². The quantitative estimate of drug-likeness (QED) is 0.756. The van der Waals surface area contributed by atoms with Gasteiger partial charge in [-0.25, -0.2) is 9.18 Å². The number of aromatic nitrogens is 1. The van der Waals surface area contributed by atoms with E-state index in [1.54, 1.807) is 13.0 Å². The van der Waals surface area contributed by atoms with Gasteiger partial charge in [0.2, 0.25) is 6.17 Å². The van der Waals surface area contributed by atoms with Gasteiger partial charge in [0.25, 0.3) is 0 Å². The van der Waals surface area contributed by atoms with Gasteiger partial charge in [0, 0.05) is 18.0 Å². The van der Waals surface area contributed by atoms with Crippen LogP contribution in [0.15, 0.2) is 18.5 Å². The average molecular weight is 199 g/mol. The molecule has 0 spiro atoms. The summed E-state index contributed by atoms with van der Waals surface area (Å²) in [7, 11) is 0. The molecule has 76 valence electrons. The van der Waals surface area contributed by atoms with E-state index in [-0.39, 0.29) is 5.56 Å². The van der Waals surface area contributed by atoms with Crippen LogP contribution in [0.1, 0.15) is 17.2 Å². The number of rotatable bonds is 3. The Kier molecular flexibility index (Phi) is 3.14. The summed E-state index contributed by atoms with van der Waals surface area (Å²) in [6, 6.07) is 1.58. The van der Waals surface area contributed by atoms with Crippen LogP contribution in [0.25, 0.3) is 0 Å². The smallest absolute Gasteiger partial charge is 0.341 e. The van der Waals surface area contributed by atoms with E-state index >= 15 is 0 Å². The minimum Gasteiger partial charge on any atom is -0.479 e. The molecule has 1 aromatic heterocycles. The highest BCUT2D eigenvalue weighted by atomic mass is 19.1. The average Bonchev–Trinajstić information content (AvgIpc) is 2.16. The highest BCUT2D eigenvalue weighted by molar-refractivity contribution is 5.73. The zero-order valence-electron chi connectivity index (χ0n) is 7.51. The summed E-state index contributed by atoms with van der Waals surface area (Å²) < 4.78 is 12.9. The number of aliphatic hydroxyl groups is 1. The number of pyridine rings is 1. The summed E-state index contributed by atoms with van der Waals surface area (Å²) >= 11 is 0. The number of nitrogens with zero attached hydrogens (tertiary/aromatic N) is 1. The molecule has 0 radical (unpaired) electrons. The van der Waals surface area contributed by atoms with Gasteiger partial charge in [-0.3, -0.25) is 4.98 Å². The Morgan fingerprint density at radius 3 is 2.79 bits per heavy atom. The first-order chi connectivity index (χ1) is 6.54. The molecule has 0 aliphatic rings. The van der Waals surface area contributed by atoms with E-state index in [0.717, 1.165) is 0 Å². The molecule has 1 aromatic rings. The Labute approximate surface area is 80.0 Å². The summed E-state index contributed by atoms with van der Waals surface area (Å²) in [5, 5.41) is 17.7. The van der Waals surface area contributed by atoms with Crippen molar-refractivity contribution in [2.75, 3.05) is 0 Å². The zero-order chi connectivity index (χ0) is 10.7. The summed E-state index contributed by atoms with van der Waals surface area (Å²) in [6.07, 6.45) is -1.24. The van der Waals surface area contributed by atoms with Gasteiger partial charge in [0.1, 0.15) is 6.10 Å². The van der Waals surface area contributed by atoms with Crippen molar-refractivity contribution in [3.8, 4) is 0 Å². The first-order valence-electron chi connectivity index (χ1n) is 3.99. The van der Waals surface area contributed by atoms with Crippen LogP contribution in [0.2, 0.25) is 0 Å². The number of aliphatic hydroxyl groups excluding tert-OH is 1. The number of carbonyl (C=O) groups is 1. The molecule has 0 saturated heterocycles. The van der Waals surface area contributed by atoms with Gasteiger partial charge >= 0.3 is 5.97 Å². The predicted molar refractivity (Wildman–Crippen MR) is 46.5 cm³/mol. The van der Waals surface area contributed by atoms with Crippen molar-refractivity contribution in [1.82, 2.24) is 4.98 Å². The van der Waals surface area contributed by atoms with Gasteiger partial charge in [-0.15, -0.1) is 0 Å². The van der Waals surface area contributed by atoms with E-state index in [1.807, 2.05) is 0 Å². The van der Waals surface area contributed by atoms with Gasteiger partial charge in [-0.1, -0.05) is 0 Å². The molecule has 14 heavy (non-hydrogen) atoms. The first-order valence-corrected chi connectivity index (χ1v) is 3.99. The van der Waals surface area contributed by atoms with E-state index in [0.29, 0.717) is 5.56 Å². The molecule has 0 saturated carbocycles. The fraction of sp³-hybridized carbons (Fsp3) is 0.333. The molecule has 2 unspecified atom stereocenters. The number of hydrogen-bond donors (Lipinski definition) is 2. The number of alkyl halides is 1. The van der Waals surface area contributed by atoms with E-state index < -0.39 is 18.2 Å². The van der Waals surface area contributed by atoms with Crippen molar-refractivity contribution in [1.29, 1.82) is 0 Å². The Balaban J connectivity index is 2.94. The molecule has 2 atom stereocenters. The van der Waals surface area contributed by atoms with Crippen molar-refractivity contribution in [3.63, 3.8) is 0 Å². The van der Waals surface area contributed by atoms with Crippen LogP contribution >= 0.6 is 0 Å². The molecule has 0 aromatic carbocycles. The predicted octanol–water partition coefficient (Wildman–Crippen LogP) is 0.846. The lowest BCUT2D eigenvalue weighted by atomic mass is 10.0. The van der Waals surface area contributed by atoms with Crippen LogP contribution in [0.3, 0.4) is 0 Å². The molecular formula is C9H10FNO3. The van der Waals surface area contributed by atoms with Crippen LogP contribution in [0, 0.1) is 6.92 Å². The molecule has 0 fully saturated rings. The molecule has 4 nitrogen and oxygen atoms in total. The van der Waals surface area contributed by atoms with Crippen LogP contribution in [0.4, 0.5) is 4.39 Å². The largest absolute Gasteiger partial charge is 0.479 e. The van der Waals surface area contributed by atoms with Crippen molar-refractivity contribution >= 4 is 5.97 Å². The van der Waals surface area contributed by atoms with E-state index in [1.165, 1.54) is 12.4 Å². The molecule has 0 aliphatic heterocycles. The second kappa shape index (κ2) is 4.15. The molecule has 0 bridgehead atoms. The third-order valence-electron chi connectivity index (χ3n) is 1.91. The molecule has 1 heterocycles. The normalized spacial score (nSPS) is 14.8. The maximum atomic E-state index is 12.9. The maximum absolute atomic E-state index is 12.9. The van der Waals surface area contributed by atoms with Crippen molar-refractivity contribution in [2.45, 2.75) is 19.2 Å². The molecular weight excluding hydrogens is 189 g/mol. The molecule has 0 aliphatic carbocycles. The molecule has 2 N–H and O–H groups in total. The summed E-state index contributed by atoms with van der Waals surface area (Å²) in [5.74, 6) is -1.68. The zero-order valence-corrected chi connectivity index (χ0v) is 7.51. The van der Waals surface area contributed by atoms with Gasteiger partial charge in [0.05, 0.1) is 0 Å². The number of aliphatic carboxylic acids is 1. The Morgan fingerprint density at radius 2 is 2.29 bits per heavy atom. The number of carboxylic acids is 1. The highest BCUT2D eigenvalue weighted by Crippen LogP contribution is 2.21. The lowest BCUT2D eigenvalue weighted by molar-refractivity contribution is -0.147. The summed E-state index contributed by atoms with van der Waals surface area (Å²) in [4.78, 5) is 14.0. The third-order valence-corrected chi connectivity index (χ3v) is 1.91. The maximum Gasteiger partial charge on any atom is 0.341 e. The van der Waals surface area contributed by atoms with Crippen LogP contribution in [-0.4, -0.2) is 27.3 Å². The topological polar surface area (TPSA) is 70.4 Å². The highest BCUT2D eigenvalue weighted by Gasteiger charge is 2.28. The summed E-state index contributed by atoms with van der Waals surface area (Å²) in [6.45, 7) is 1.65. The minimum absolute atomic E-state index is 0.197. The minimum atomic E-state index is -2.32. The SMILES string of the molecule is Cc1ccncc1C(O)C(F)C(=O)O. The van der Waals surface area contributed by atoms with Gasteiger partial charge in [-0.05, 0) is 18.6 Å². The van der Waals surface area contributed by atoms with Crippen molar-refractivity contribution in [2.24, 2.45) is 0 Å². The number of aryl methyl sites for hydroxylation is 1. The van der Waals surface area contributed by atoms with E-state index in [2.05, 4.69) is 4.98 Å². The lowest BCUT2D eigenvalue weighted by Crippen LogP contribution is -2.23. The van der Waals surface area contributed by atoms with Crippen LogP contribution < -0.4 is 0 Å². The Morgan fingerprint density at radius 1 is 1.64 bits per heavy atom. The fourth-order valence-electron chi connectivity index (χ4n) is 1.08. The number of carboxylic acid groups (broad SMARTS) is 1. The van der Waals surface area contributed by atoms with Crippen molar-refractivity contribution in [3.05, 3.63) is 29.6 Å². The monoisotopic (exact) mass is 199 g/mol. The second-order valence-corrected chi connectivity index (χ2v) is 2.92. The van der Waals surface area contributed by atoms with Gasteiger partial charge in [0.15, 0.2) is 0 Å². The summed E-state index contributed by atoms with van der Waals surface area (Å²) in [5.41, 5.74) is 0.804. The second-order valence-electron chi connectivity index (χ2n) is 2.92. The Bertz CT molecular complexity index is 343. The fourth-order valence-corrected chi connectivity index (χ4v) is 1.08. The first kappa shape index (κ1) is 10.6. The van der Waals surface area contributed by atoms with Gasteiger partial charge < -0.3 is 10.2 Å². The Hall–Kier alpha value is -1.49. The van der Waals surface area contributed by atoms with Crippen LogP contribution in [-0.2, 0) is 4.79 Å². The third kappa shape index (κ3) is 2.05. The molecule has 5 heteroatoms. The lowest BCUT2D eigenvalue weighted by Gasteiger charge is -2.13.